The minimum absolute atomic E-state index is 0.0641. The van der Waals surface area contributed by atoms with Gasteiger partial charge in [-0.1, -0.05) is 6.07 Å². The summed E-state index contributed by atoms with van der Waals surface area (Å²) in [7, 11) is 1.23. The van der Waals surface area contributed by atoms with E-state index in [4.69, 9.17) is 0 Å². The Balaban J connectivity index is 1.97. The zero-order chi connectivity index (χ0) is 18.4. The van der Waals surface area contributed by atoms with Gasteiger partial charge in [0.05, 0.1) is 7.11 Å². The van der Waals surface area contributed by atoms with Gasteiger partial charge in [-0.15, -0.1) is 0 Å². The van der Waals surface area contributed by atoms with E-state index < -0.39 is 30.8 Å². The van der Waals surface area contributed by atoms with E-state index in [2.05, 4.69) is 19.8 Å². The second-order valence-corrected chi connectivity index (χ2v) is 5.41. The van der Waals surface area contributed by atoms with Crippen LogP contribution in [0.4, 0.5) is 18.0 Å². The monoisotopic (exact) mass is 361 g/mol. The largest absolute Gasteiger partial charge is 0.468 e. The number of nitrogens with zero attached hydrogens (tertiary/aromatic N) is 2. The zero-order valence-electron chi connectivity index (χ0n) is 13.5. The maximum Gasteiger partial charge on any atom is 0.422 e. The number of carbonyl (C=O) groups excluding carboxylic acids is 2. The highest BCUT2D eigenvalue weighted by atomic mass is 19.4. The molecule has 7 nitrogen and oxygen atoms in total. The maximum atomic E-state index is 12.3. The number of hydrogen-bond acceptors (Lipinski definition) is 5. The normalized spacial score (nSPS) is 17.3. The van der Waals surface area contributed by atoms with Crippen LogP contribution in [0.15, 0.2) is 18.3 Å². The van der Waals surface area contributed by atoms with Crippen molar-refractivity contribution in [2.45, 2.75) is 31.6 Å². The number of halogens is 3. The lowest BCUT2D eigenvalue weighted by Gasteiger charge is -2.22. The molecule has 1 saturated heterocycles. The molecular formula is C15H18F3N3O4. The molecule has 1 aromatic heterocycles. The average Bonchev–Trinajstić information content (AvgIpc) is 3.07. The van der Waals surface area contributed by atoms with E-state index in [1.807, 2.05) is 0 Å². The van der Waals surface area contributed by atoms with Crippen molar-refractivity contribution in [3.63, 3.8) is 0 Å². The topological polar surface area (TPSA) is 80.8 Å². The summed E-state index contributed by atoms with van der Waals surface area (Å²) < 4.78 is 46.1. The molecule has 0 radical (unpaired) electrons. The molecule has 0 bridgehead atoms. The number of alkyl halides is 3. The molecule has 0 spiro atoms. The van der Waals surface area contributed by atoms with E-state index in [0.717, 1.165) is 0 Å². The Labute approximate surface area is 142 Å². The average molecular weight is 361 g/mol. The van der Waals surface area contributed by atoms with E-state index in [1.165, 1.54) is 30.3 Å². The van der Waals surface area contributed by atoms with Gasteiger partial charge in [0, 0.05) is 24.8 Å². The van der Waals surface area contributed by atoms with E-state index >= 15 is 0 Å². The van der Waals surface area contributed by atoms with Crippen LogP contribution in [0.5, 0.6) is 5.88 Å². The van der Waals surface area contributed by atoms with Crippen LogP contribution in [0.25, 0.3) is 0 Å². The minimum Gasteiger partial charge on any atom is -0.468 e. The van der Waals surface area contributed by atoms with Crippen molar-refractivity contribution in [3.8, 4) is 5.88 Å². The van der Waals surface area contributed by atoms with Gasteiger partial charge in [-0.25, -0.2) is 9.78 Å². The quantitative estimate of drug-likeness (QED) is 0.866. The predicted molar refractivity (Wildman–Crippen MR) is 79.8 cm³/mol. The lowest BCUT2D eigenvalue weighted by molar-refractivity contribution is -0.154. The fraction of sp³-hybridized carbons (Fsp3) is 0.533. The number of methoxy groups -OCH3 is 1. The lowest BCUT2D eigenvalue weighted by atomic mass is 10.2. The fourth-order valence-corrected chi connectivity index (χ4v) is 2.51. The Morgan fingerprint density at radius 2 is 2.20 bits per heavy atom. The minimum atomic E-state index is -4.48. The molecule has 0 aromatic carbocycles. The SMILES string of the molecule is COC(=O)N1CCCC1C(=O)NCc1cccnc1OCC(F)(F)F. The van der Waals surface area contributed by atoms with Crippen LogP contribution in [-0.2, 0) is 16.1 Å². The molecule has 1 aliphatic heterocycles. The molecule has 138 valence electrons. The van der Waals surface area contributed by atoms with Gasteiger partial charge in [0.15, 0.2) is 6.61 Å². The van der Waals surface area contributed by atoms with Crippen molar-refractivity contribution in [3.05, 3.63) is 23.9 Å². The Morgan fingerprint density at radius 1 is 1.44 bits per heavy atom. The summed E-state index contributed by atoms with van der Waals surface area (Å²) in [6, 6.07) is 2.37. The lowest BCUT2D eigenvalue weighted by Crippen LogP contribution is -2.45. The molecule has 25 heavy (non-hydrogen) atoms. The molecular weight excluding hydrogens is 343 g/mol. The van der Waals surface area contributed by atoms with Gasteiger partial charge in [-0.3, -0.25) is 9.69 Å². The summed E-state index contributed by atoms with van der Waals surface area (Å²) >= 11 is 0. The third-order valence-corrected chi connectivity index (χ3v) is 3.64. The molecule has 1 aliphatic rings. The first-order chi connectivity index (χ1) is 11.8. The zero-order valence-corrected chi connectivity index (χ0v) is 13.5. The standard InChI is InChI=1S/C15H18F3N3O4/c1-24-14(23)21-7-3-5-11(21)12(22)20-8-10-4-2-6-19-13(10)25-9-15(16,17)18/h2,4,6,11H,3,5,7-9H2,1H3,(H,20,22). The molecule has 1 atom stereocenters. The molecule has 2 heterocycles. The third kappa shape index (κ3) is 5.23. The molecule has 1 N–H and O–H groups in total. The second kappa shape index (κ2) is 8.04. The number of likely N-dealkylation sites (tertiary alicyclic amines) is 1. The summed E-state index contributed by atoms with van der Waals surface area (Å²) in [6.45, 7) is -1.12. The summed E-state index contributed by atoms with van der Waals surface area (Å²) in [4.78, 5) is 29.0. The Kier molecular flexibility index (Phi) is 6.05. The van der Waals surface area contributed by atoms with Crippen LogP contribution in [0.3, 0.4) is 0 Å². The van der Waals surface area contributed by atoms with Crippen molar-refractivity contribution in [1.29, 1.82) is 0 Å². The third-order valence-electron chi connectivity index (χ3n) is 3.64. The number of aromatic nitrogens is 1. The van der Waals surface area contributed by atoms with Gasteiger partial charge in [-0.2, -0.15) is 13.2 Å². The van der Waals surface area contributed by atoms with Gasteiger partial charge < -0.3 is 14.8 Å². The number of pyridine rings is 1. The van der Waals surface area contributed by atoms with Crippen molar-refractivity contribution >= 4 is 12.0 Å². The molecule has 1 unspecified atom stereocenters. The van der Waals surface area contributed by atoms with E-state index in [0.29, 0.717) is 24.9 Å². The number of nitrogens with one attached hydrogen (secondary N) is 1. The van der Waals surface area contributed by atoms with Gasteiger partial charge in [-0.05, 0) is 18.9 Å². The van der Waals surface area contributed by atoms with Crippen LogP contribution >= 0.6 is 0 Å². The van der Waals surface area contributed by atoms with Crippen LogP contribution < -0.4 is 10.1 Å². The molecule has 10 heteroatoms. The van der Waals surface area contributed by atoms with Gasteiger partial charge in [0.1, 0.15) is 6.04 Å². The predicted octanol–water partition coefficient (Wildman–Crippen LogP) is 1.87. The first-order valence-corrected chi connectivity index (χ1v) is 7.57. The smallest absolute Gasteiger partial charge is 0.422 e. The molecule has 2 rings (SSSR count). The molecule has 1 fully saturated rings. The van der Waals surface area contributed by atoms with Crippen LogP contribution in [-0.4, -0.2) is 54.4 Å². The second-order valence-electron chi connectivity index (χ2n) is 5.41. The van der Waals surface area contributed by atoms with Gasteiger partial charge >= 0.3 is 12.3 Å². The highest BCUT2D eigenvalue weighted by molar-refractivity contribution is 5.86. The highest BCUT2D eigenvalue weighted by Gasteiger charge is 2.34. The van der Waals surface area contributed by atoms with Crippen LogP contribution in [0, 0.1) is 0 Å². The number of rotatable bonds is 5. The first kappa shape index (κ1) is 18.8. The number of carbonyl (C=O) groups is 2. The summed E-state index contributed by atoms with van der Waals surface area (Å²) in [5.41, 5.74) is 0.308. The maximum absolute atomic E-state index is 12.3. The molecule has 1 aromatic rings. The Bertz CT molecular complexity index is 624. The summed E-state index contributed by atoms with van der Waals surface area (Å²) in [5.74, 6) is -0.607. The number of hydrogen-bond donors (Lipinski definition) is 1. The van der Waals surface area contributed by atoms with E-state index in [-0.39, 0.29) is 12.4 Å². The van der Waals surface area contributed by atoms with Crippen molar-refractivity contribution < 1.29 is 32.2 Å². The highest BCUT2D eigenvalue weighted by Crippen LogP contribution is 2.21. The summed E-state index contributed by atoms with van der Waals surface area (Å²) in [5, 5.41) is 2.60. The van der Waals surface area contributed by atoms with Crippen LogP contribution in [0.1, 0.15) is 18.4 Å². The van der Waals surface area contributed by atoms with Gasteiger partial charge in [0.2, 0.25) is 11.8 Å². The molecule has 2 amide bonds. The Morgan fingerprint density at radius 3 is 2.88 bits per heavy atom. The fourth-order valence-electron chi connectivity index (χ4n) is 2.51. The molecule has 0 aliphatic carbocycles. The van der Waals surface area contributed by atoms with Gasteiger partial charge in [0.25, 0.3) is 0 Å². The van der Waals surface area contributed by atoms with E-state index in [1.54, 1.807) is 0 Å². The number of ether oxygens (including phenoxy) is 2. The molecule has 0 saturated carbocycles. The van der Waals surface area contributed by atoms with Crippen molar-refractivity contribution in [2.24, 2.45) is 0 Å². The van der Waals surface area contributed by atoms with Crippen molar-refractivity contribution in [2.75, 3.05) is 20.3 Å². The van der Waals surface area contributed by atoms with E-state index in [9.17, 15) is 22.8 Å². The Hall–Kier alpha value is -2.52. The van der Waals surface area contributed by atoms with Crippen LogP contribution in [0.2, 0.25) is 0 Å². The van der Waals surface area contributed by atoms with Crippen molar-refractivity contribution in [1.82, 2.24) is 15.2 Å². The first-order valence-electron chi connectivity index (χ1n) is 7.57. The number of amides is 2. The summed E-state index contributed by atoms with van der Waals surface area (Å²) in [6.07, 6.45) is -2.62.